The highest BCUT2D eigenvalue weighted by atomic mass is 16.5. The lowest BCUT2D eigenvalue weighted by Crippen LogP contribution is -2.29. The van der Waals surface area contributed by atoms with E-state index in [4.69, 9.17) is 9.47 Å². The number of pyridine rings is 2. The molecule has 4 rings (SSSR count). The van der Waals surface area contributed by atoms with E-state index in [1.54, 1.807) is 26.6 Å². The van der Waals surface area contributed by atoms with E-state index in [0.29, 0.717) is 13.1 Å². The summed E-state index contributed by atoms with van der Waals surface area (Å²) in [6.07, 6.45) is 7.27. The quantitative estimate of drug-likeness (QED) is 0.114. The van der Waals surface area contributed by atoms with Gasteiger partial charge < -0.3 is 30.7 Å². The fraction of sp³-hybridized carbons (Fsp3) is 0.412. The number of carbonyl (C=O) groups excluding carboxylic acids is 2. The molecule has 44 heavy (non-hydrogen) atoms. The predicted molar refractivity (Wildman–Crippen MR) is 176 cm³/mol. The Morgan fingerprint density at radius 2 is 1.14 bits per heavy atom. The fourth-order valence-corrected chi connectivity index (χ4v) is 5.14. The van der Waals surface area contributed by atoms with Crippen molar-refractivity contribution in [1.29, 1.82) is 0 Å². The second-order valence-electron chi connectivity index (χ2n) is 11.1. The van der Waals surface area contributed by atoms with Gasteiger partial charge in [-0.05, 0) is 63.8 Å². The number of hydrogen-bond acceptors (Lipinski definition) is 8. The molecule has 2 heterocycles. The van der Waals surface area contributed by atoms with Gasteiger partial charge in [-0.3, -0.25) is 19.6 Å². The van der Waals surface area contributed by atoms with Crippen molar-refractivity contribution < 1.29 is 19.1 Å². The molecule has 0 aliphatic rings. The summed E-state index contributed by atoms with van der Waals surface area (Å²) in [5.74, 6) is 1.33. The summed E-state index contributed by atoms with van der Waals surface area (Å²) in [6.45, 7) is 5.34. The molecule has 234 valence electrons. The van der Waals surface area contributed by atoms with Gasteiger partial charge in [-0.1, -0.05) is 12.1 Å². The number of benzene rings is 2. The zero-order chi connectivity index (χ0) is 31.3. The van der Waals surface area contributed by atoms with E-state index in [1.165, 1.54) is 0 Å². The van der Waals surface area contributed by atoms with Gasteiger partial charge in [0.1, 0.15) is 11.5 Å². The molecule has 10 heteroatoms. The number of hydrogen-bond donors (Lipinski definition) is 4. The molecule has 0 bridgehead atoms. The molecule has 0 saturated heterocycles. The second kappa shape index (κ2) is 16.3. The van der Waals surface area contributed by atoms with Crippen molar-refractivity contribution in [2.24, 2.45) is 0 Å². The smallest absolute Gasteiger partial charge is 0.220 e. The summed E-state index contributed by atoms with van der Waals surface area (Å²) < 4.78 is 10.9. The van der Waals surface area contributed by atoms with Crippen molar-refractivity contribution in [2.75, 3.05) is 37.9 Å². The summed E-state index contributed by atoms with van der Waals surface area (Å²) >= 11 is 0. The van der Waals surface area contributed by atoms with E-state index in [-0.39, 0.29) is 36.7 Å². The summed E-state index contributed by atoms with van der Waals surface area (Å²) in [5, 5.41) is 14.9. The van der Waals surface area contributed by atoms with Crippen molar-refractivity contribution in [2.45, 2.75) is 64.5 Å². The van der Waals surface area contributed by atoms with E-state index in [1.807, 2.05) is 48.5 Å². The molecule has 10 nitrogen and oxygen atoms in total. The lowest BCUT2D eigenvalue weighted by atomic mass is 10.1. The zero-order valence-electron chi connectivity index (χ0n) is 26.1. The first-order valence-corrected chi connectivity index (χ1v) is 15.3. The number of nitrogens with one attached hydrogen (secondary N) is 4. The van der Waals surface area contributed by atoms with Crippen LogP contribution < -0.4 is 30.7 Å². The third kappa shape index (κ3) is 9.45. The highest BCUT2D eigenvalue weighted by Gasteiger charge is 2.12. The van der Waals surface area contributed by atoms with Crippen molar-refractivity contribution in [3.05, 3.63) is 60.9 Å². The first-order chi connectivity index (χ1) is 21.4. The maximum atomic E-state index is 12.3. The normalized spacial score (nSPS) is 12.4. The van der Waals surface area contributed by atoms with Crippen LogP contribution in [-0.4, -0.2) is 61.2 Å². The number of aromatic nitrogens is 2. The third-order valence-corrected chi connectivity index (χ3v) is 7.48. The van der Waals surface area contributed by atoms with Crippen LogP contribution in [0.3, 0.4) is 0 Å². The number of rotatable bonds is 17. The number of ether oxygens (including phenoxy) is 2. The molecular weight excluding hydrogens is 556 g/mol. The van der Waals surface area contributed by atoms with E-state index in [9.17, 15) is 9.59 Å². The molecule has 0 spiro atoms. The first kappa shape index (κ1) is 32.3. The van der Waals surface area contributed by atoms with Crippen LogP contribution in [0.4, 0.5) is 11.4 Å². The Bertz CT molecular complexity index is 1430. The maximum Gasteiger partial charge on any atom is 0.220 e. The molecule has 0 aliphatic carbocycles. The van der Waals surface area contributed by atoms with Crippen LogP contribution in [0.15, 0.2) is 60.9 Å². The van der Waals surface area contributed by atoms with E-state index in [2.05, 4.69) is 45.1 Å². The van der Waals surface area contributed by atoms with E-state index >= 15 is 0 Å². The van der Waals surface area contributed by atoms with Gasteiger partial charge in [-0.25, -0.2) is 0 Å². The zero-order valence-corrected chi connectivity index (χ0v) is 26.1. The molecule has 2 unspecified atom stereocenters. The molecule has 0 saturated carbocycles. The Kier molecular flexibility index (Phi) is 12.0. The van der Waals surface area contributed by atoms with Gasteiger partial charge in [0, 0.05) is 73.3 Å². The Morgan fingerprint density at radius 1 is 0.705 bits per heavy atom. The van der Waals surface area contributed by atoms with Crippen molar-refractivity contribution in [1.82, 2.24) is 20.6 Å². The van der Waals surface area contributed by atoms with Gasteiger partial charge in [0.2, 0.25) is 11.8 Å². The third-order valence-electron chi connectivity index (χ3n) is 7.48. The summed E-state index contributed by atoms with van der Waals surface area (Å²) in [7, 11) is 3.31. The van der Waals surface area contributed by atoms with Crippen LogP contribution in [0.1, 0.15) is 52.4 Å². The van der Waals surface area contributed by atoms with Gasteiger partial charge in [0.05, 0.1) is 36.6 Å². The van der Waals surface area contributed by atoms with Gasteiger partial charge >= 0.3 is 0 Å². The molecule has 4 N–H and O–H groups in total. The number of amides is 2. The molecule has 0 radical (unpaired) electrons. The molecule has 2 aromatic carbocycles. The fourth-order valence-electron chi connectivity index (χ4n) is 5.14. The van der Waals surface area contributed by atoms with Crippen LogP contribution in [-0.2, 0) is 9.59 Å². The van der Waals surface area contributed by atoms with Crippen LogP contribution in [0.5, 0.6) is 11.5 Å². The highest BCUT2D eigenvalue weighted by molar-refractivity contribution is 5.92. The monoisotopic (exact) mass is 600 g/mol. The van der Waals surface area contributed by atoms with Gasteiger partial charge in [0.25, 0.3) is 0 Å². The summed E-state index contributed by atoms with van der Waals surface area (Å²) in [6, 6.07) is 16.1. The second-order valence-corrected chi connectivity index (χ2v) is 11.1. The molecule has 2 aromatic heterocycles. The summed E-state index contributed by atoms with van der Waals surface area (Å²) in [5.41, 5.74) is 3.65. The number of nitrogens with zero attached hydrogens (tertiary/aromatic N) is 2. The predicted octanol–water partition coefficient (Wildman–Crippen LogP) is 5.67. The number of fused-ring (bicyclic) bond motifs is 2. The molecule has 0 aliphatic heterocycles. The molecular formula is C34H44N6O4. The topological polar surface area (TPSA) is 127 Å². The number of methoxy groups -OCH3 is 2. The minimum absolute atomic E-state index is 0.110. The van der Waals surface area contributed by atoms with Gasteiger partial charge in [-0.2, -0.15) is 0 Å². The number of anilines is 2. The molecule has 2 amide bonds. The molecule has 2 atom stereocenters. The van der Waals surface area contributed by atoms with Crippen molar-refractivity contribution in [3.63, 3.8) is 0 Å². The Labute approximate surface area is 259 Å². The van der Waals surface area contributed by atoms with Gasteiger partial charge in [-0.15, -0.1) is 0 Å². The van der Waals surface area contributed by atoms with Crippen molar-refractivity contribution in [3.8, 4) is 11.5 Å². The number of carbonyl (C=O) groups is 2. The van der Waals surface area contributed by atoms with Crippen LogP contribution in [0, 0.1) is 0 Å². The van der Waals surface area contributed by atoms with Crippen LogP contribution in [0.2, 0.25) is 0 Å². The van der Waals surface area contributed by atoms with Crippen LogP contribution >= 0.6 is 0 Å². The minimum atomic E-state index is -0.110. The Hall–Kier alpha value is -4.60. The Balaban J connectivity index is 1.08. The highest BCUT2D eigenvalue weighted by Crippen LogP contribution is 2.29. The average molecular weight is 601 g/mol. The largest absolute Gasteiger partial charge is 0.497 e. The van der Waals surface area contributed by atoms with Crippen molar-refractivity contribution >= 4 is 45.0 Å². The minimum Gasteiger partial charge on any atom is -0.497 e. The molecule has 4 aromatic rings. The standard InChI is InChI=1S/C34H44N6O4/c1-23(39-29-21-27(43-3)19-25-11-7-17-37-33(25)29)9-5-15-35-31(41)13-14-32(42)36-16-6-10-24(2)40-30-22-28(44-4)20-26-12-8-18-38-34(26)30/h7-8,11-12,17-24,39-40H,5-6,9-10,13-16H2,1-4H3,(H,35,41)(H,36,42). The first-order valence-electron chi connectivity index (χ1n) is 15.3. The van der Waals surface area contributed by atoms with Crippen LogP contribution in [0.25, 0.3) is 21.8 Å². The van der Waals surface area contributed by atoms with E-state index in [0.717, 1.165) is 70.4 Å². The van der Waals surface area contributed by atoms with E-state index < -0.39 is 0 Å². The lowest BCUT2D eigenvalue weighted by Gasteiger charge is -2.18. The summed E-state index contributed by atoms with van der Waals surface area (Å²) in [4.78, 5) is 33.6. The SMILES string of the molecule is COc1cc(NC(C)CCCNC(=O)CCC(=O)NCCCC(C)Nc2cc(OC)cc3cccnc23)c2ncccc2c1. The lowest BCUT2D eigenvalue weighted by molar-refractivity contribution is -0.126. The molecule has 0 fully saturated rings. The average Bonchev–Trinajstić information content (AvgIpc) is 3.03. The van der Waals surface area contributed by atoms with Gasteiger partial charge in [0.15, 0.2) is 0 Å². The maximum absolute atomic E-state index is 12.3. The Morgan fingerprint density at radius 3 is 1.55 bits per heavy atom.